The molecule has 4 aromatic rings. The van der Waals surface area contributed by atoms with Crippen LogP contribution in [-0.2, 0) is 6.54 Å². The van der Waals surface area contributed by atoms with Crippen LogP contribution in [0.15, 0.2) is 98.3 Å². The number of nitrogens with zero attached hydrogens (tertiary/aromatic N) is 2. The maximum absolute atomic E-state index is 6.05. The van der Waals surface area contributed by atoms with Gasteiger partial charge in [0.05, 0.1) is 17.7 Å². The van der Waals surface area contributed by atoms with Gasteiger partial charge >= 0.3 is 0 Å². The zero-order valence-corrected chi connectivity index (χ0v) is 23.4. The number of rotatable bonds is 11. The summed E-state index contributed by atoms with van der Waals surface area (Å²) in [6.07, 6.45) is 3.91. The van der Waals surface area contributed by atoms with Gasteiger partial charge < -0.3 is 15.6 Å². The van der Waals surface area contributed by atoms with Gasteiger partial charge in [0, 0.05) is 30.3 Å². The fourth-order valence-corrected chi connectivity index (χ4v) is 4.56. The van der Waals surface area contributed by atoms with E-state index < -0.39 is 0 Å². The van der Waals surface area contributed by atoms with E-state index >= 15 is 0 Å². The minimum Gasteiger partial charge on any atom is -0.397 e. The SMILES string of the molecule is C=C(NCCCCn1cnc(C(=C)N)c1-c1ccccc1C)c1ccc(C(C)c2ccccc2)cc1.CC. The van der Waals surface area contributed by atoms with Gasteiger partial charge in [0.15, 0.2) is 0 Å². The van der Waals surface area contributed by atoms with Crippen LogP contribution in [0.1, 0.15) is 67.5 Å². The number of nitrogens with two attached hydrogens (primary N) is 1. The van der Waals surface area contributed by atoms with E-state index in [0.29, 0.717) is 11.6 Å². The lowest BCUT2D eigenvalue weighted by molar-refractivity contribution is 0.603. The summed E-state index contributed by atoms with van der Waals surface area (Å²) in [6, 6.07) is 27.7. The van der Waals surface area contributed by atoms with Crippen LogP contribution < -0.4 is 11.1 Å². The van der Waals surface area contributed by atoms with Crippen molar-refractivity contribution >= 4 is 11.4 Å². The van der Waals surface area contributed by atoms with Gasteiger partial charge in [0.25, 0.3) is 0 Å². The lowest BCUT2D eigenvalue weighted by Crippen LogP contribution is -2.14. The number of unbranched alkanes of at least 4 members (excludes halogenated alkanes) is 1. The van der Waals surface area contributed by atoms with Crippen LogP contribution in [0, 0.1) is 6.92 Å². The Labute approximate surface area is 229 Å². The van der Waals surface area contributed by atoms with Gasteiger partial charge in [-0.1, -0.05) is 113 Å². The van der Waals surface area contributed by atoms with Crippen molar-refractivity contribution in [3.8, 4) is 11.3 Å². The lowest BCUT2D eigenvalue weighted by Gasteiger charge is -2.15. The van der Waals surface area contributed by atoms with Crippen LogP contribution in [0.25, 0.3) is 22.7 Å². The first kappa shape index (κ1) is 28.5. The van der Waals surface area contributed by atoms with E-state index in [1.807, 2.05) is 32.3 Å². The molecule has 0 aliphatic carbocycles. The molecule has 3 N–H and O–H groups in total. The van der Waals surface area contributed by atoms with E-state index in [2.05, 4.69) is 109 Å². The Morgan fingerprint density at radius 2 is 1.53 bits per heavy atom. The number of nitrogens with one attached hydrogen (secondary N) is 1. The van der Waals surface area contributed by atoms with Crippen LogP contribution in [0.2, 0.25) is 0 Å². The summed E-state index contributed by atoms with van der Waals surface area (Å²) in [5.41, 5.74) is 15.4. The second-order valence-corrected chi connectivity index (χ2v) is 9.34. The summed E-state index contributed by atoms with van der Waals surface area (Å²) in [4.78, 5) is 4.55. The number of hydrogen-bond donors (Lipinski definition) is 2. The van der Waals surface area contributed by atoms with Crippen LogP contribution >= 0.6 is 0 Å². The van der Waals surface area contributed by atoms with Crippen molar-refractivity contribution in [2.45, 2.75) is 53.0 Å². The molecule has 4 heteroatoms. The Balaban J connectivity index is 0.00000195. The molecule has 198 valence electrons. The fourth-order valence-electron chi connectivity index (χ4n) is 4.56. The molecule has 1 aromatic heterocycles. The predicted octanol–water partition coefficient (Wildman–Crippen LogP) is 8.01. The predicted molar refractivity (Wildman–Crippen MR) is 164 cm³/mol. The smallest absolute Gasteiger partial charge is 0.111 e. The molecule has 0 radical (unpaired) electrons. The van der Waals surface area contributed by atoms with Crippen molar-refractivity contribution in [3.63, 3.8) is 0 Å². The van der Waals surface area contributed by atoms with Crippen LogP contribution in [-0.4, -0.2) is 16.1 Å². The van der Waals surface area contributed by atoms with E-state index in [1.165, 1.54) is 16.7 Å². The highest BCUT2D eigenvalue weighted by molar-refractivity contribution is 5.76. The molecule has 0 saturated carbocycles. The normalized spacial score (nSPS) is 11.3. The zero-order chi connectivity index (χ0) is 27.5. The van der Waals surface area contributed by atoms with Crippen molar-refractivity contribution in [1.29, 1.82) is 0 Å². The quantitative estimate of drug-likeness (QED) is 0.203. The maximum atomic E-state index is 6.05. The van der Waals surface area contributed by atoms with Gasteiger partial charge in [-0.15, -0.1) is 0 Å². The molecule has 0 aliphatic rings. The highest BCUT2D eigenvalue weighted by Gasteiger charge is 2.15. The Morgan fingerprint density at radius 3 is 2.18 bits per heavy atom. The number of hydrogen-bond acceptors (Lipinski definition) is 3. The molecular weight excluding hydrogens is 464 g/mol. The number of aryl methyl sites for hydroxylation is 2. The van der Waals surface area contributed by atoms with Crippen LogP contribution in [0.3, 0.4) is 0 Å². The molecule has 1 atom stereocenters. The van der Waals surface area contributed by atoms with E-state index in [1.54, 1.807) is 0 Å². The van der Waals surface area contributed by atoms with Crippen molar-refractivity contribution in [1.82, 2.24) is 14.9 Å². The van der Waals surface area contributed by atoms with E-state index in [4.69, 9.17) is 5.73 Å². The molecule has 0 amide bonds. The molecule has 3 aromatic carbocycles. The summed E-state index contributed by atoms with van der Waals surface area (Å²) >= 11 is 0. The first-order chi connectivity index (χ1) is 18.5. The molecule has 0 bridgehead atoms. The molecule has 4 rings (SSSR count). The molecular formula is C34H42N4. The van der Waals surface area contributed by atoms with Gasteiger partial charge in [-0.05, 0) is 42.0 Å². The Hall–Kier alpha value is -4.05. The van der Waals surface area contributed by atoms with Crippen molar-refractivity contribution in [3.05, 3.63) is 126 Å². The molecule has 0 saturated heterocycles. The largest absolute Gasteiger partial charge is 0.397 e. The lowest BCUT2D eigenvalue weighted by atomic mass is 9.92. The van der Waals surface area contributed by atoms with E-state index in [0.717, 1.165) is 54.1 Å². The highest BCUT2D eigenvalue weighted by atomic mass is 15.1. The molecule has 1 heterocycles. The monoisotopic (exact) mass is 506 g/mol. The molecule has 38 heavy (non-hydrogen) atoms. The van der Waals surface area contributed by atoms with Gasteiger partial charge in [-0.2, -0.15) is 0 Å². The van der Waals surface area contributed by atoms with E-state index in [-0.39, 0.29) is 0 Å². The summed E-state index contributed by atoms with van der Waals surface area (Å²) in [6.45, 7) is 18.3. The van der Waals surface area contributed by atoms with Gasteiger partial charge in [-0.3, -0.25) is 0 Å². The Bertz CT molecular complexity index is 1320. The maximum Gasteiger partial charge on any atom is 0.111 e. The van der Waals surface area contributed by atoms with Gasteiger partial charge in [-0.25, -0.2) is 4.98 Å². The third-order valence-electron chi connectivity index (χ3n) is 6.76. The summed E-state index contributed by atoms with van der Waals surface area (Å²) < 4.78 is 2.19. The van der Waals surface area contributed by atoms with Crippen molar-refractivity contribution in [2.24, 2.45) is 5.73 Å². The first-order valence-corrected chi connectivity index (χ1v) is 13.6. The fraction of sp³-hybridized carbons (Fsp3) is 0.265. The standard InChI is InChI=1S/C32H36N4.C2H6/c1-23-12-8-9-15-30(23)32-31(25(3)33)35-22-36(32)21-11-10-20-34-26(4)29-18-16-28(17-19-29)24(2)27-13-6-5-7-14-27;1-2/h5-9,12-19,22,24,34H,3-4,10-11,20-21,33H2,1-2H3;1-2H3. The number of benzene rings is 3. The first-order valence-electron chi connectivity index (χ1n) is 13.6. The number of aromatic nitrogens is 2. The van der Waals surface area contributed by atoms with E-state index in [9.17, 15) is 0 Å². The summed E-state index contributed by atoms with van der Waals surface area (Å²) in [5.74, 6) is 0.367. The topological polar surface area (TPSA) is 55.9 Å². The molecule has 1 unspecified atom stereocenters. The van der Waals surface area contributed by atoms with Crippen molar-refractivity contribution in [2.75, 3.05) is 6.54 Å². The average molecular weight is 507 g/mol. The molecule has 0 spiro atoms. The minimum atomic E-state index is 0.367. The number of imidazole rings is 1. The molecule has 0 fully saturated rings. The van der Waals surface area contributed by atoms with Crippen molar-refractivity contribution < 1.29 is 0 Å². The minimum absolute atomic E-state index is 0.367. The second kappa shape index (κ2) is 14.0. The summed E-state index contributed by atoms with van der Waals surface area (Å²) in [7, 11) is 0. The highest BCUT2D eigenvalue weighted by Crippen LogP contribution is 2.29. The zero-order valence-electron chi connectivity index (χ0n) is 23.4. The average Bonchev–Trinajstić information content (AvgIpc) is 3.38. The Morgan fingerprint density at radius 1 is 0.895 bits per heavy atom. The molecule has 4 nitrogen and oxygen atoms in total. The van der Waals surface area contributed by atoms with Gasteiger partial charge in [0.2, 0.25) is 0 Å². The third kappa shape index (κ3) is 7.04. The van der Waals surface area contributed by atoms with Crippen LogP contribution in [0.5, 0.6) is 0 Å². The third-order valence-corrected chi connectivity index (χ3v) is 6.76. The molecule has 0 aliphatic heterocycles. The second-order valence-electron chi connectivity index (χ2n) is 9.34. The van der Waals surface area contributed by atoms with Gasteiger partial charge in [0.1, 0.15) is 5.69 Å². The van der Waals surface area contributed by atoms with Crippen LogP contribution in [0.4, 0.5) is 0 Å². The summed E-state index contributed by atoms with van der Waals surface area (Å²) in [5, 5.41) is 3.49. The Kier molecular flexibility index (Phi) is 10.5.